The molecule has 2 heteroatoms. The molecule has 0 heterocycles. The highest BCUT2D eigenvalue weighted by Gasteiger charge is 2.35. The Morgan fingerprint density at radius 1 is 1.18 bits per heavy atom. The zero-order chi connectivity index (χ0) is 12.1. The average Bonchev–Trinajstić information content (AvgIpc) is 2.38. The summed E-state index contributed by atoms with van der Waals surface area (Å²) in [5, 5.41) is 10.1. The van der Waals surface area contributed by atoms with Crippen LogP contribution in [0.5, 0.6) is 5.75 Å². The van der Waals surface area contributed by atoms with Gasteiger partial charge in [-0.25, -0.2) is 0 Å². The Kier molecular flexibility index (Phi) is 4.06. The molecule has 94 valence electrons. The molecule has 0 bridgehead atoms. The van der Waals surface area contributed by atoms with Crippen LogP contribution in [0, 0.1) is 0 Å². The Morgan fingerprint density at radius 2 is 1.88 bits per heavy atom. The number of rotatable bonds is 4. The number of hydrogen-bond donors (Lipinski definition) is 1. The Labute approximate surface area is 104 Å². The molecular formula is C15H22O2. The van der Waals surface area contributed by atoms with Crippen LogP contribution in [-0.4, -0.2) is 18.3 Å². The lowest BCUT2D eigenvalue weighted by Crippen LogP contribution is -2.34. The summed E-state index contributed by atoms with van der Waals surface area (Å²) < 4.78 is 5.67. The van der Waals surface area contributed by atoms with E-state index in [0.717, 1.165) is 31.6 Å². The van der Waals surface area contributed by atoms with E-state index >= 15 is 0 Å². The maximum Gasteiger partial charge on any atom is 0.119 e. The monoisotopic (exact) mass is 234 g/mol. The van der Waals surface area contributed by atoms with Crippen molar-refractivity contribution >= 4 is 0 Å². The molecule has 0 atom stereocenters. The first-order chi connectivity index (χ1) is 8.28. The zero-order valence-electron chi connectivity index (χ0n) is 10.6. The molecular weight excluding hydrogens is 212 g/mol. The summed E-state index contributed by atoms with van der Waals surface area (Å²) in [6.45, 7) is 3.51. The van der Waals surface area contributed by atoms with Crippen molar-refractivity contribution in [3.63, 3.8) is 0 Å². The van der Waals surface area contributed by atoms with Crippen LogP contribution in [0.4, 0.5) is 0 Å². The Morgan fingerprint density at radius 3 is 2.53 bits per heavy atom. The number of benzene rings is 1. The Balaban J connectivity index is 2.28. The predicted molar refractivity (Wildman–Crippen MR) is 69.4 cm³/mol. The largest absolute Gasteiger partial charge is 0.508 e. The number of para-hydroxylation sites is 1. The second kappa shape index (κ2) is 5.54. The minimum atomic E-state index is 0.0413. The third kappa shape index (κ3) is 2.63. The molecule has 2 nitrogen and oxygen atoms in total. The number of aromatic hydroxyl groups is 1. The first-order valence-electron chi connectivity index (χ1n) is 6.65. The molecule has 0 radical (unpaired) electrons. The first-order valence-corrected chi connectivity index (χ1v) is 6.65. The smallest absolute Gasteiger partial charge is 0.119 e. The summed E-state index contributed by atoms with van der Waals surface area (Å²) in [5.74, 6) is 0.425. The van der Waals surface area contributed by atoms with Crippen LogP contribution in [-0.2, 0) is 10.2 Å². The van der Waals surface area contributed by atoms with Crippen molar-refractivity contribution in [1.29, 1.82) is 0 Å². The molecule has 0 spiro atoms. The second-order valence-corrected chi connectivity index (χ2v) is 5.00. The van der Waals surface area contributed by atoms with E-state index in [2.05, 4.69) is 6.07 Å². The van der Waals surface area contributed by atoms with E-state index in [4.69, 9.17) is 4.74 Å². The van der Waals surface area contributed by atoms with Crippen LogP contribution in [0.15, 0.2) is 24.3 Å². The van der Waals surface area contributed by atoms with E-state index in [-0.39, 0.29) is 5.41 Å². The summed E-state index contributed by atoms with van der Waals surface area (Å²) in [6.07, 6.45) is 6.04. The van der Waals surface area contributed by atoms with Gasteiger partial charge in [0.05, 0.1) is 6.61 Å². The van der Waals surface area contributed by atoms with E-state index in [9.17, 15) is 5.11 Å². The van der Waals surface area contributed by atoms with Gasteiger partial charge >= 0.3 is 0 Å². The topological polar surface area (TPSA) is 29.5 Å². The van der Waals surface area contributed by atoms with Gasteiger partial charge in [-0.2, -0.15) is 0 Å². The Bertz CT molecular complexity index is 354. The van der Waals surface area contributed by atoms with E-state index in [0.29, 0.717) is 5.75 Å². The predicted octanol–water partition coefficient (Wildman–Crippen LogP) is 3.63. The fraction of sp³-hybridized carbons (Fsp3) is 0.600. The molecule has 1 aromatic carbocycles. The quantitative estimate of drug-likeness (QED) is 0.862. The molecule has 0 saturated heterocycles. The fourth-order valence-corrected chi connectivity index (χ4v) is 2.94. The van der Waals surface area contributed by atoms with E-state index < -0.39 is 0 Å². The lowest BCUT2D eigenvalue weighted by Gasteiger charge is -2.37. The maximum absolute atomic E-state index is 10.1. The molecule has 1 saturated carbocycles. The SMILES string of the molecule is CCOCC1(c2ccccc2O)CCCCC1. The highest BCUT2D eigenvalue weighted by Crippen LogP contribution is 2.43. The summed E-state index contributed by atoms with van der Waals surface area (Å²) in [6, 6.07) is 7.74. The molecule has 0 amide bonds. The number of ether oxygens (including phenoxy) is 1. The third-order valence-corrected chi connectivity index (χ3v) is 3.87. The van der Waals surface area contributed by atoms with Gasteiger partial charge in [0.25, 0.3) is 0 Å². The lowest BCUT2D eigenvalue weighted by molar-refractivity contribution is 0.0709. The van der Waals surface area contributed by atoms with Crippen molar-refractivity contribution in [1.82, 2.24) is 0 Å². The van der Waals surface area contributed by atoms with Crippen molar-refractivity contribution < 1.29 is 9.84 Å². The Hall–Kier alpha value is -1.02. The lowest BCUT2D eigenvalue weighted by atomic mass is 9.69. The van der Waals surface area contributed by atoms with Gasteiger partial charge in [0.15, 0.2) is 0 Å². The minimum Gasteiger partial charge on any atom is -0.508 e. The number of phenolic OH excluding ortho intramolecular Hbond substituents is 1. The number of phenols is 1. The van der Waals surface area contributed by atoms with Crippen LogP contribution < -0.4 is 0 Å². The normalized spacial score (nSPS) is 19.1. The van der Waals surface area contributed by atoms with Crippen LogP contribution >= 0.6 is 0 Å². The fourth-order valence-electron chi connectivity index (χ4n) is 2.94. The molecule has 1 fully saturated rings. The van der Waals surface area contributed by atoms with Gasteiger partial charge in [-0.1, -0.05) is 37.5 Å². The van der Waals surface area contributed by atoms with Gasteiger partial charge in [0.2, 0.25) is 0 Å². The third-order valence-electron chi connectivity index (χ3n) is 3.87. The van der Waals surface area contributed by atoms with Crippen LogP contribution in [0.2, 0.25) is 0 Å². The van der Waals surface area contributed by atoms with Crippen molar-refractivity contribution in [2.24, 2.45) is 0 Å². The van der Waals surface area contributed by atoms with E-state index in [1.54, 1.807) is 6.07 Å². The van der Waals surface area contributed by atoms with Gasteiger partial charge in [-0.3, -0.25) is 0 Å². The van der Waals surface area contributed by atoms with Gasteiger partial charge in [0.1, 0.15) is 5.75 Å². The molecule has 17 heavy (non-hydrogen) atoms. The standard InChI is InChI=1S/C15H22O2/c1-2-17-12-15(10-6-3-7-11-15)13-8-4-5-9-14(13)16/h4-5,8-9,16H,2-3,6-7,10-12H2,1H3. The molecule has 1 N–H and O–H groups in total. The molecule has 2 rings (SSSR count). The van der Waals surface area contributed by atoms with Crippen molar-refractivity contribution in [3.05, 3.63) is 29.8 Å². The zero-order valence-corrected chi connectivity index (χ0v) is 10.6. The van der Waals surface area contributed by atoms with E-state index in [1.165, 1.54) is 19.3 Å². The molecule has 1 aliphatic rings. The molecule has 0 unspecified atom stereocenters. The van der Waals surface area contributed by atoms with E-state index in [1.807, 2.05) is 19.1 Å². The molecule has 1 aliphatic carbocycles. The van der Waals surface area contributed by atoms with Crippen LogP contribution in [0.1, 0.15) is 44.6 Å². The van der Waals surface area contributed by atoms with Gasteiger partial charge in [-0.15, -0.1) is 0 Å². The van der Waals surface area contributed by atoms with Crippen molar-refractivity contribution in [3.8, 4) is 5.75 Å². The molecule has 1 aromatic rings. The highest BCUT2D eigenvalue weighted by atomic mass is 16.5. The summed E-state index contributed by atoms with van der Waals surface area (Å²) in [4.78, 5) is 0. The summed E-state index contributed by atoms with van der Waals surface area (Å²) in [7, 11) is 0. The average molecular weight is 234 g/mol. The summed E-state index contributed by atoms with van der Waals surface area (Å²) in [5.41, 5.74) is 1.12. The molecule has 0 aromatic heterocycles. The van der Waals surface area contributed by atoms with Gasteiger partial charge < -0.3 is 9.84 Å². The minimum absolute atomic E-state index is 0.0413. The van der Waals surface area contributed by atoms with Gasteiger partial charge in [-0.05, 0) is 25.8 Å². The second-order valence-electron chi connectivity index (χ2n) is 5.00. The summed E-state index contributed by atoms with van der Waals surface area (Å²) >= 11 is 0. The molecule has 0 aliphatic heterocycles. The number of hydrogen-bond acceptors (Lipinski definition) is 2. The maximum atomic E-state index is 10.1. The van der Waals surface area contributed by atoms with Crippen LogP contribution in [0.25, 0.3) is 0 Å². The van der Waals surface area contributed by atoms with Gasteiger partial charge in [0, 0.05) is 17.6 Å². The first kappa shape index (κ1) is 12.4. The van der Waals surface area contributed by atoms with Crippen LogP contribution in [0.3, 0.4) is 0 Å². The van der Waals surface area contributed by atoms with Crippen molar-refractivity contribution in [2.45, 2.75) is 44.4 Å². The van der Waals surface area contributed by atoms with Crippen molar-refractivity contribution in [2.75, 3.05) is 13.2 Å². The highest BCUT2D eigenvalue weighted by molar-refractivity contribution is 5.39.